The van der Waals surface area contributed by atoms with Crippen molar-refractivity contribution in [2.75, 3.05) is 11.9 Å². The topological polar surface area (TPSA) is 89.0 Å². The highest BCUT2D eigenvalue weighted by Gasteiger charge is 2.17. The lowest BCUT2D eigenvalue weighted by Gasteiger charge is -2.08. The van der Waals surface area contributed by atoms with Crippen LogP contribution >= 0.6 is 0 Å². The number of aromatic amines is 1. The predicted molar refractivity (Wildman–Crippen MR) is 119 cm³/mol. The van der Waals surface area contributed by atoms with Gasteiger partial charge in [-0.15, -0.1) is 0 Å². The Morgan fingerprint density at radius 3 is 2.52 bits per heavy atom. The molecule has 0 aliphatic heterocycles. The summed E-state index contributed by atoms with van der Waals surface area (Å²) in [5.41, 5.74) is 5.80. The van der Waals surface area contributed by atoms with Crippen molar-refractivity contribution in [2.24, 2.45) is 0 Å². The molecular weight excluding hydrogens is 392 g/mol. The maximum Gasteiger partial charge on any atom is 0.310 e. The highest BCUT2D eigenvalue weighted by atomic mass is 16.5. The van der Waals surface area contributed by atoms with Crippen LogP contribution < -0.4 is 5.32 Å². The zero-order valence-electron chi connectivity index (χ0n) is 17.7. The van der Waals surface area contributed by atoms with Crippen LogP contribution in [0.1, 0.15) is 22.6 Å². The van der Waals surface area contributed by atoms with Crippen molar-refractivity contribution in [2.45, 2.75) is 27.2 Å². The molecule has 0 bridgehead atoms. The SMILES string of the molecule is Cc1nn(-c2ccccc2)c(C)c1NC(=O)COC(=O)Cc1c(C)[nH]c2ccccc12. The van der Waals surface area contributed by atoms with E-state index in [9.17, 15) is 9.59 Å². The molecule has 0 aliphatic carbocycles. The van der Waals surface area contributed by atoms with Gasteiger partial charge in [0.25, 0.3) is 5.91 Å². The minimum Gasteiger partial charge on any atom is -0.455 e. The summed E-state index contributed by atoms with van der Waals surface area (Å²) in [4.78, 5) is 28.0. The molecule has 0 fully saturated rings. The largest absolute Gasteiger partial charge is 0.455 e. The van der Waals surface area contributed by atoms with Gasteiger partial charge in [-0.2, -0.15) is 5.10 Å². The summed E-state index contributed by atoms with van der Waals surface area (Å²) in [5, 5.41) is 8.31. The zero-order chi connectivity index (χ0) is 22.0. The summed E-state index contributed by atoms with van der Waals surface area (Å²) in [7, 11) is 0. The van der Waals surface area contributed by atoms with Gasteiger partial charge in [-0.05, 0) is 44.5 Å². The fourth-order valence-electron chi connectivity index (χ4n) is 3.72. The number of ether oxygens (including phenoxy) is 1. The van der Waals surface area contributed by atoms with Gasteiger partial charge in [0, 0.05) is 16.6 Å². The molecule has 0 unspecified atom stereocenters. The molecule has 2 aromatic carbocycles. The van der Waals surface area contributed by atoms with Gasteiger partial charge in [0.05, 0.1) is 29.2 Å². The number of hydrogen-bond donors (Lipinski definition) is 2. The number of para-hydroxylation sites is 2. The van der Waals surface area contributed by atoms with Crippen LogP contribution in [0.3, 0.4) is 0 Å². The van der Waals surface area contributed by atoms with E-state index in [-0.39, 0.29) is 13.0 Å². The van der Waals surface area contributed by atoms with E-state index in [4.69, 9.17) is 4.74 Å². The lowest BCUT2D eigenvalue weighted by molar-refractivity contribution is -0.146. The Balaban J connectivity index is 1.39. The maximum absolute atomic E-state index is 12.4. The van der Waals surface area contributed by atoms with Crippen molar-refractivity contribution in [1.29, 1.82) is 0 Å². The number of hydrogen-bond acceptors (Lipinski definition) is 4. The average Bonchev–Trinajstić information content (AvgIpc) is 3.23. The average molecular weight is 416 g/mol. The molecular formula is C24H24N4O3. The van der Waals surface area contributed by atoms with Gasteiger partial charge in [0.1, 0.15) is 0 Å². The number of fused-ring (bicyclic) bond motifs is 1. The van der Waals surface area contributed by atoms with Crippen LogP contribution in [0.25, 0.3) is 16.6 Å². The molecule has 31 heavy (non-hydrogen) atoms. The molecule has 2 N–H and O–H groups in total. The number of aromatic nitrogens is 3. The lowest BCUT2D eigenvalue weighted by Crippen LogP contribution is -2.22. The molecule has 4 rings (SSSR count). The van der Waals surface area contributed by atoms with Crippen LogP contribution in [-0.2, 0) is 20.7 Å². The highest BCUT2D eigenvalue weighted by molar-refractivity contribution is 5.94. The molecule has 0 saturated carbocycles. The standard InChI is InChI=1S/C24H24N4O3/c1-15-20(19-11-7-8-12-21(19)25-15)13-23(30)31-14-22(29)26-24-16(2)27-28(17(24)3)18-9-5-4-6-10-18/h4-12,25H,13-14H2,1-3H3,(H,26,29). The second kappa shape index (κ2) is 8.47. The molecule has 2 heterocycles. The molecule has 0 radical (unpaired) electrons. The van der Waals surface area contributed by atoms with E-state index >= 15 is 0 Å². The first kappa shape index (κ1) is 20.4. The quantitative estimate of drug-likeness (QED) is 0.465. The van der Waals surface area contributed by atoms with Crippen molar-refractivity contribution < 1.29 is 14.3 Å². The molecule has 0 saturated heterocycles. The summed E-state index contributed by atoms with van der Waals surface area (Å²) in [6.07, 6.45) is 0.104. The molecule has 4 aromatic rings. The van der Waals surface area contributed by atoms with E-state index in [1.807, 2.05) is 75.4 Å². The van der Waals surface area contributed by atoms with Gasteiger partial charge in [-0.3, -0.25) is 9.59 Å². The van der Waals surface area contributed by atoms with Crippen molar-refractivity contribution in [3.8, 4) is 5.69 Å². The monoisotopic (exact) mass is 416 g/mol. The van der Waals surface area contributed by atoms with Crippen LogP contribution in [0.15, 0.2) is 54.6 Å². The Hall–Kier alpha value is -3.87. The number of rotatable bonds is 6. The summed E-state index contributed by atoms with van der Waals surface area (Å²) >= 11 is 0. The van der Waals surface area contributed by atoms with Gasteiger partial charge < -0.3 is 15.0 Å². The van der Waals surface area contributed by atoms with E-state index < -0.39 is 11.9 Å². The number of nitrogens with zero attached hydrogens (tertiary/aromatic N) is 2. The fraction of sp³-hybridized carbons (Fsp3) is 0.208. The first-order valence-corrected chi connectivity index (χ1v) is 10.1. The summed E-state index contributed by atoms with van der Waals surface area (Å²) in [6, 6.07) is 17.5. The summed E-state index contributed by atoms with van der Waals surface area (Å²) in [5.74, 6) is -0.848. The van der Waals surface area contributed by atoms with Crippen molar-refractivity contribution in [3.05, 3.63) is 77.2 Å². The van der Waals surface area contributed by atoms with E-state index in [1.165, 1.54) is 0 Å². The minimum atomic E-state index is -0.448. The van der Waals surface area contributed by atoms with Gasteiger partial charge in [-0.1, -0.05) is 36.4 Å². The fourth-order valence-corrected chi connectivity index (χ4v) is 3.72. The van der Waals surface area contributed by atoms with Crippen LogP contribution in [0, 0.1) is 20.8 Å². The van der Waals surface area contributed by atoms with Gasteiger partial charge in [-0.25, -0.2) is 4.68 Å². The van der Waals surface area contributed by atoms with Crippen LogP contribution in [-0.4, -0.2) is 33.2 Å². The number of H-pyrrole nitrogens is 1. The van der Waals surface area contributed by atoms with E-state index in [2.05, 4.69) is 15.4 Å². The molecule has 7 nitrogen and oxygen atoms in total. The minimum absolute atomic E-state index is 0.104. The number of carbonyl (C=O) groups excluding carboxylic acids is 2. The number of esters is 1. The number of aryl methyl sites for hydroxylation is 2. The Morgan fingerprint density at radius 1 is 1.03 bits per heavy atom. The van der Waals surface area contributed by atoms with Gasteiger partial charge in [0.2, 0.25) is 0 Å². The highest BCUT2D eigenvalue weighted by Crippen LogP contribution is 2.24. The first-order chi connectivity index (χ1) is 14.9. The predicted octanol–water partition coefficient (Wildman–Crippen LogP) is 4.00. The Morgan fingerprint density at radius 2 is 1.74 bits per heavy atom. The van der Waals surface area contributed by atoms with E-state index in [1.54, 1.807) is 4.68 Å². The van der Waals surface area contributed by atoms with Crippen LogP contribution in [0.2, 0.25) is 0 Å². The Kier molecular flexibility index (Phi) is 5.58. The lowest BCUT2D eigenvalue weighted by atomic mass is 10.1. The first-order valence-electron chi connectivity index (χ1n) is 10.1. The Bertz CT molecular complexity index is 1250. The number of benzene rings is 2. The second-order valence-electron chi connectivity index (χ2n) is 7.45. The third-order valence-corrected chi connectivity index (χ3v) is 5.27. The van der Waals surface area contributed by atoms with Gasteiger partial charge in [0.15, 0.2) is 6.61 Å². The molecule has 7 heteroatoms. The van der Waals surface area contributed by atoms with Crippen molar-refractivity contribution >= 4 is 28.5 Å². The van der Waals surface area contributed by atoms with Gasteiger partial charge >= 0.3 is 5.97 Å². The number of anilines is 1. The normalized spacial score (nSPS) is 10.9. The molecule has 158 valence electrons. The molecule has 0 spiro atoms. The number of nitrogens with one attached hydrogen (secondary N) is 2. The summed E-state index contributed by atoms with van der Waals surface area (Å²) < 4.78 is 7.01. The molecule has 0 aliphatic rings. The molecule has 2 aromatic heterocycles. The third-order valence-electron chi connectivity index (χ3n) is 5.27. The van der Waals surface area contributed by atoms with Crippen molar-refractivity contribution in [1.82, 2.24) is 14.8 Å². The van der Waals surface area contributed by atoms with Crippen molar-refractivity contribution in [3.63, 3.8) is 0 Å². The van der Waals surface area contributed by atoms with E-state index in [0.29, 0.717) is 11.4 Å². The third kappa shape index (κ3) is 4.21. The summed E-state index contributed by atoms with van der Waals surface area (Å²) in [6.45, 7) is 5.28. The zero-order valence-corrected chi connectivity index (χ0v) is 17.7. The van der Waals surface area contributed by atoms with Crippen LogP contribution in [0.4, 0.5) is 5.69 Å². The molecule has 1 amide bonds. The van der Waals surface area contributed by atoms with Crippen LogP contribution in [0.5, 0.6) is 0 Å². The second-order valence-corrected chi connectivity index (χ2v) is 7.45. The number of amides is 1. The number of carbonyl (C=O) groups is 2. The van der Waals surface area contributed by atoms with E-state index in [0.717, 1.165) is 33.5 Å². The smallest absolute Gasteiger partial charge is 0.310 e. The molecule has 0 atom stereocenters. The Labute approximate surface area is 180 Å². The maximum atomic E-state index is 12.4.